The summed E-state index contributed by atoms with van der Waals surface area (Å²) in [6.45, 7) is 6.81. The molecule has 2 aliphatic carbocycles. The number of carboxylic acids is 1. The van der Waals surface area contributed by atoms with Crippen LogP contribution in [0, 0.1) is 11.3 Å². The van der Waals surface area contributed by atoms with Gasteiger partial charge in [-0.3, -0.25) is 4.79 Å². The van der Waals surface area contributed by atoms with Gasteiger partial charge in [0, 0.05) is 24.2 Å². The lowest BCUT2D eigenvalue weighted by atomic mass is 9.78. The van der Waals surface area contributed by atoms with Crippen LogP contribution in [0.5, 0.6) is 11.6 Å². The van der Waals surface area contributed by atoms with Crippen LogP contribution in [0.2, 0.25) is 5.02 Å². The summed E-state index contributed by atoms with van der Waals surface area (Å²) in [6.07, 6.45) is 5.08. The molecule has 3 atom stereocenters. The SMILES string of the molecule is COc1cc(-c2ccc(COc3ccc4c(c3)[C@]3(CCC4)C[C@H]3C(=O)O)cc2[C@H](OC)C(C)(C)C)c(Cl)cn1. The van der Waals surface area contributed by atoms with Crippen LogP contribution in [-0.4, -0.2) is 30.3 Å². The van der Waals surface area contributed by atoms with Crippen LogP contribution in [0.25, 0.3) is 11.1 Å². The number of aliphatic carboxylic acids is 1. The van der Waals surface area contributed by atoms with Gasteiger partial charge in [0.25, 0.3) is 0 Å². The number of aromatic nitrogens is 1. The molecule has 1 saturated carbocycles. The summed E-state index contributed by atoms with van der Waals surface area (Å²) in [6, 6.07) is 14.2. The van der Waals surface area contributed by atoms with Gasteiger partial charge in [0.1, 0.15) is 12.4 Å². The largest absolute Gasteiger partial charge is 0.489 e. The van der Waals surface area contributed by atoms with Crippen LogP contribution in [0.4, 0.5) is 0 Å². The number of ether oxygens (including phenoxy) is 3. The number of carbonyl (C=O) groups is 1. The van der Waals surface area contributed by atoms with Crippen molar-refractivity contribution in [2.45, 2.75) is 64.6 Å². The lowest BCUT2D eigenvalue weighted by Gasteiger charge is -2.32. The molecule has 1 fully saturated rings. The average Bonchev–Trinajstić information content (AvgIpc) is 3.63. The zero-order chi connectivity index (χ0) is 27.9. The Morgan fingerprint density at radius 1 is 1.15 bits per heavy atom. The number of aryl methyl sites for hydroxylation is 1. The van der Waals surface area contributed by atoms with Crippen molar-refractivity contribution in [2.75, 3.05) is 14.2 Å². The molecule has 2 aromatic carbocycles. The lowest BCUT2D eigenvalue weighted by Crippen LogP contribution is -2.21. The van der Waals surface area contributed by atoms with Gasteiger partial charge in [-0.1, -0.05) is 50.6 Å². The first-order valence-electron chi connectivity index (χ1n) is 13.4. The Kier molecular flexibility index (Phi) is 7.38. The molecule has 1 heterocycles. The molecule has 6 nitrogen and oxygen atoms in total. The van der Waals surface area contributed by atoms with Crippen molar-refractivity contribution < 1.29 is 24.1 Å². The fraction of sp³-hybridized carbons (Fsp3) is 0.438. The van der Waals surface area contributed by atoms with E-state index >= 15 is 0 Å². The minimum Gasteiger partial charge on any atom is -0.489 e. The second-order valence-electron chi connectivity index (χ2n) is 11.8. The highest BCUT2D eigenvalue weighted by molar-refractivity contribution is 6.33. The highest BCUT2D eigenvalue weighted by Gasteiger charge is 2.60. The maximum atomic E-state index is 11.7. The van der Waals surface area contributed by atoms with Gasteiger partial charge in [0.2, 0.25) is 5.88 Å². The number of pyridine rings is 1. The Balaban J connectivity index is 1.46. The fourth-order valence-electron chi connectivity index (χ4n) is 6.27. The number of nitrogens with zero attached hydrogens (tertiary/aromatic N) is 1. The molecule has 0 aliphatic heterocycles. The van der Waals surface area contributed by atoms with E-state index in [0.717, 1.165) is 59.3 Å². The quantitative estimate of drug-likeness (QED) is 0.315. The van der Waals surface area contributed by atoms with Gasteiger partial charge in [-0.15, -0.1) is 0 Å². The Labute approximate surface area is 235 Å². The summed E-state index contributed by atoms with van der Waals surface area (Å²) in [5, 5.41) is 10.2. The van der Waals surface area contributed by atoms with E-state index in [2.05, 4.69) is 50.0 Å². The molecule has 0 saturated heterocycles. The molecule has 206 valence electrons. The molecule has 39 heavy (non-hydrogen) atoms. The van der Waals surface area contributed by atoms with Gasteiger partial charge in [0.15, 0.2) is 0 Å². The first-order chi connectivity index (χ1) is 18.6. The topological polar surface area (TPSA) is 77.9 Å². The molecular weight excluding hydrogens is 514 g/mol. The maximum absolute atomic E-state index is 11.7. The summed E-state index contributed by atoms with van der Waals surface area (Å²) >= 11 is 6.60. The third kappa shape index (κ3) is 5.24. The van der Waals surface area contributed by atoms with E-state index in [1.54, 1.807) is 20.4 Å². The number of rotatable bonds is 8. The molecule has 5 rings (SSSR count). The van der Waals surface area contributed by atoms with Crippen LogP contribution in [-0.2, 0) is 28.0 Å². The van der Waals surface area contributed by atoms with E-state index in [4.69, 9.17) is 25.8 Å². The Morgan fingerprint density at radius 2 is 1.95 bits per heavy atom. The van der Waals surface area contributed by atoms with Gasteiger partial charge >= 0.3 is 5.97 Å². The predicted molar refractivity (Wildman–Crippen MR) is 152 cm³/mol. The maximum Gasteiger partial charge on any atom is 0.307 e. The third-order valence-corrected chi connectivity index (χ3v) is 8.52. The van der Waals surface area contributed by atoms with Crippen molar-refractivity contribution in [1.29, 1.82) is 0 Å². The monoisotopic (exact) mass is 549 g/mol. The number of benzene rings is 2. The van der Waals surface area contributed by atoms with Crippen LogP contribution in [0.3, 0.4) is 0 Å². The summed E-state index contributed by atoms with van der Waals surface area (Å²) in [4.78, 5) is 16.0. The summed E-state index contributed by atoms with van der Waals surface area (Å²) in [5.41, 5.74) is 5.80. The standard InChI is InChI=1S/C32H36ClNO5/c1-31(2,3)29(38-5)24-13-19(8-11-22(24)23-15-28(37-4)34-17-27(23)33)18-39-21-10-9-20-7-6-12-32(25(20)14-21)16-26(32)30(35)36/h8-11,13-15,17,26,29H,6-7,12,16,18H2,1-5H3,(H,35,36)/t26-,29-,32-/m0/s1. The van der Waals surface area contributed by atoms with E-state index < -0.39 is 5.97 Å². The first kappa shape index (κ1) is 27.5. The lowest BCUT2D eigenvalue weighted by molar-refractivity contribution is -0.139. The number of fused-ring (bicyclic) bond motifs is 2. The molecule has 1 aromatic heterocycles. The molecular formula is C32H36ClNO5. The molecule has 2 aliphatic rings. The number of carboxylic acid groups (broad SMARTS) is 1. The average molecular weight is 550 g/mol. The Bertz CT molecular complexity index is 1400. The zero-order valence-electron chi connectivity index (χ0n) is 23.2. The minimum atomic E-state index is -0.694. The smallest absolute Gasteiger partial charge is 0.307 e. The normalized spacial score (nSPS) is 20.8. The minimum absolute atomic E-state index is 0.176. The van der Waals surface area contributed by atoms with Crippen LogP contribution < -0.4 is 9.47 Å². The van der Waals surface area contributed by atoms with Crippen LogP contribution in [0.15, 0.2) is 48.7 Å². The van der Waals surface area contributed by atoms with E-state index in [1.165, 1.54) is 5.56 Å². The number of methoxy groups -OCH3 is 2. The van der Waals surface area contributed by atoms with Crippen LogP contribution in [0.1, 0.15) is 68.4 Å². The third-order valence-electron chi connectivity index (χ3n) is 8.22. The van der Waals surface area contributed by atoms with E-state index in [9.17, 15) is 9.90 Å². The van der Waals surface area contributed by atoms with Gasteiger partial charge in [0.05, 0.1) is 30.4 Å². The predicted octanol–water partition coefficient (Wildman–Crippen LogP) is 7.40. The second kappa shape index (κ2) is 10.5. The van der Waals surface area contributed by atoms with Gasteiger partial charge in [-0.2, -0.15) is 0 Å². The van der Waals surface area contributed by atoms with E-state index in [0.29, 0.717) is 17.5 Å². The first-order valence-corrected chi connectivity index (χ1v) is 13.8. The van der Waals surface area contributed by atoms with E-state index in [1.807, 2.05) is 18.2 Å². The molecule has 0 radical (unpaired) electrons. The Morgan fingerprint density at radius 3 is 2.62 bits per heavy atom. The molecule has 3 aromatic rings. The van der Waals surface area contributed by atoms with Crippen molar-refractivity contribution in [3.63, 3.8) is 0 Å². The molecule has 1 N–H and O–H groups in total. The highest BCUT2D eigenvalue weighted by Crippen LogP contribution is 2.60. The molecule has 0 bridgehead atoms. The van der Waals surface area contributed by atoms with Crippen molar-refractivity contribution >= 4 is 17.6 Å². The number of hydrogen-bond donors (Lipinski definition) is 1. The van der Waals surface area contributed by atoms with Gasteiger partial charge in [-0.25, -0.2) is 4.98 Å². The van der Waals surface area contributed by atoms with Crippen molar-refractivity contribution in [1.82, 2.24) is 4.98 Å². The molecule has 0 amide bonds. The summed E-state index contributed by atoms with van der Waals surface area (Å²) in [7, 11) is 3.31. The van der Waals surface area contributed by atoms with Crippen molar-refractivity contribution in [3.8, 4) is 22.8 Å². The highest BCUT2D eigenvalue weighted by atomic mass is 35.5. The summed E-state index contributed by atoms with van der Waals surface area (Å²) in [5.74, 6) is 0.269. The molecule has 7 heteroatoms. The van der Waals surface area contributed by atoms with Gasteiger partial charge < -0.3 is 19.3 Å². The zero-order valence-corrected chi connectivity index (χ0v) is 24.0. The molecule has 1 spiro atoms. The fourth-order valence-corrected chi connectivity index (χ4v) is 6.48. The Hall–Kier alpha value is -3.09. The van der Waals surface area contributed by atoms with Crippen molar-refractivity contribution in [2.24, 2.45) is 11.3 Å². The number of halogens is 1. The van der Waals surface area contributed by atoms with Gasteiger partial charge in [-0.05, 0) is 77.1 Å². The molecule has 0 unspecified atom stereocenters. The number of hydrogen-bond acceptors (Lipinski definition) is 5. The van der Waals surface area contributed by atoms with Crippen LogP contribution >= 0.6 is 11.6 Å². The van der Waals surface area contributed by atoms with E-state index in [-0.39, 0.29) is 22.9 Å². The second-order valence-corrected chi connectivity index (χ2v) is 12.2. The summed E-state index contributed by atoms with van der Waals surface area (Å²) < 4.78 is 17.7. The van der Waals surface area contributed by atoms with Crippen molar-refractivity contribution in [3.05, 3.63) is 75.9 Å².